The fourth-order valence-electron chi connectivity index (χ4n) is 4.57. The lowest BCUT2D eigenvalue weighted by Crippen LogP contribution is -2.24. The molecule has 4 heteroatoms. The van der Waals surface area contributed by atoms with Crippen LogP contribution in [0.25, 0.3) is 0 Å². The zero-order valence-corrected chi connectivity index (χ0v) is 19.5. The Kier molecular flexibility index (Phi) is 5.98. The Labute approximate surface area is 195 Å². The largest absolute Gasteiger partial charge is 0.497 e. The van der Waals surface area contributed by atoms with Crippen LogP contribution in [0.5, 0.6) is 5.75 Å². The van der Waals surface area contributed by atoms with Crippen LogP contribution in [0.1, 0.15) is 29.0 Å². The molecule has 0 radical (unpaired) electrons. The standard InChI is InChI=1S/C29H26NO2P/c1-32-24-19-17-23-18-20-27(22-11-5-2-6-12-22)29(28(23)21-24)30-33(31,25-13-7-3-8-14-25)26-15-9-4-10-16-26/h2-17,19,21,27H,18,20H2,1H3/b30-29-. The molecule has 0 heterocycles. The summed E-state index contributed by atoms with van der Waals surface area (Å²) < 4.78 is 25.6. The first-order valence-corrected chi connectivity index (χ1v) is 12.9. The van der Waals surface area contributed by atoms with Crippen molar-refractivity contribution in [3.63, 3.8) is 0 Å². The van der Waals surface area contributed by atoms with E-state index in [4.69, 9.17) is 9.50 Å². The fraction of sp³-hybridized carbons (Fsp3) is 0.138. The van der Waals surface area contributed by atoms with E-state index in [0.717, 1.165) is 40.5 Å². The van der Waals surface area contributed by atoms with Gasteiger partial charge in [0, 0.05) is 22.1 Å². The number of nitrogens with zero attached hydrogens (tertiary/aromatic N) is 1. The van der Waals surface area contributed by atoms with Crippen LogP contribution < -0.4 is 15.3 Å². The van der Waals surface area contributed by atoms with E-state index in [1.165, 1.54) is 11.1 Å². The maximum absolute atomic E-state index is 14.8. The minimum absolute atomic E-state index is 0.0616. The van der Waals surface area contributed by atoms with E-state index in [2.05, 4.69) is 30.3 Å². The van der Waals surface area contributed by atoms with Crippen molar-refractivity contribution in [1.29, 1.82) is 0 Å². The molecule has 0 spiro atoms. The van der Waals surface area contributed by atoms with E-state index in [-0.39, 0.29) is 5.92 Å². The first-order chi connectivity index (χ1) is 16.2. The predicted octanol–water partition coefficient (Wildman–Crippen LogP) is 6.14. The lowest BCUT2D eigenvalue weighted by molar-refractivity contribution is 0.414. The molecule has 4 aromatic rings. The molecule has 1 aliphatic carbocycles. The van der Waals surface area contributed by atoms with E-state index in [0.29, 0.717) is 0 Å². The van der Waals surface area contributed by atoms with Crippen molar-refractivity contribution in [2.24, 2.45) is 4.76 Å². The number of benzene rings is 4. The Balaban J connectivity index is 1.78. The van der Waals surface area contributed by atoms with Gasteiger partial charge in [0.1, 0.15) is 5.75 Å². The van der Waals surface area contributed by atoms with Gasteiger partial charge in [0.05, 0.1) is 12.8 Å². The molecule has 3 nitrogen and oxygen atoms in total. The van der Waals surface area contributed by atoms with Crippen LogP contribution in [0.15, 0.2) is 114 Å². The Bertz CT molecular complexity index is 1270. The minimum Gasteiger partial charge on any atom is -0.497 e. The van der Waals surface area contributed by atoms with Gasteiger partial charge in [-0.15, -0.1) is 0 Å². The molecule has 0 amide bonds. The highest BCUT2D eigenvalue weighted by Crippen LogP contribution is 2.48. The Morgan fingerprint density at radius 3 is 1.94 bits per heavy atom. The Hall–Kier alpha value is -3.42. The van der Waals surface area contributed by atoms with Gasteiger partial charge in [0.15, 0.2) is 0 Å². The van der Waals surface area contributed by atoms with Gasteiger partial charge in [-0.3, -0.25) is 4.57 Å². The Morgan fingerprint density at radius 2 is 1.36 bits per heavy atom. The van der Waals surface area contributed by atoms with E-state index in [9.17, 15) is 4.57 Å². The van der Waals surface area contributed by atoms with Crippen LogP contribution in [0.2, 0.25) is 0 Å². The van der Waals surface area contributed by atoms with Crippen molar-refractivity contribution in [2.75, 3.05) is 7.11 Å². The van der Waals surface area contributed by atoms with E-state index >= 15 is 0 Å². The number of aryl methyl sites for hydroxylation is 1. The third kappa shape index (κ3) is 4.17. The molecule has 1 atom stereocenters. The van der Waals surface area contributed by atoms with Gasteiger partial charge >= 0.3 is 0 Å². The van der Waals surface area contributed by atoms with Crippen molar-refractivity contribution in [2.45, 2.75) is 18.8 Å². The lowest BCUT2D eigenvalue weighted by Gasteiger charge is -2.29. The highest BCUT2D eigenvalue weighted by molar-refractivity contribution is 7.77. The summed E-state index contributed by atoms with van der Waals surface area (Å²) in [5.74, 6) is 0.843. The van der Waals surface area contributed by atoms with Crippen LogP contribution in [-0.2, 0) is 11.0 Å². The van der Waals surface area contributed by atoms with Crippen molar-refractivity contribution in [1.82, 2.24) is 0 Å². The first-order valence-electron chi connectivity index (χ1n) is 11.2. The summed E-state index contributed by atoms with van der Waals surface area (Å²) >= 11 is 0. The average Bonchev–Trinajstić information content (AvgIpc) is 2.90. The number of fused-ring (bicyclic) bond motifs is 1. The highest BCUT2D eigenvalue weighted by atomic mass is 31.2. The predicted molar refractivity (Wildman–Crippen MR) is 137 cm³/mol. The molecular weight excluding hydrogens is 425 g/mol. The zero-order valence-electron chi connectivity index (χ0n) is 18.6. The van der Waals surface area contributed by atoms with Gasteiger partial charge in [-0.05, 0) is 60.4 Å². The molecule has 33 heavy (non-hydrogen) atoms. The van der Waals surface area contributed by atoms with Crippen molar-refractivity contribution in [3.05, 3.63) is 126 Å². The van der Waals surface area contributed by atoms with Gasteiger partial charge in [-0.2, -0.15) is 0 Å². The number of rotatable bonds is 5. The van der Waals surface area contributed by atoms with Gasteiger partial charge in [-0.1, -0.05) is 72.8 Å². The number of methoxy groups -OCH3 is 1. The maximum Gasteiger partial charge on any atom is 0.247 e. The molecule has 0 saturated carbocycles. The maximum atomic E-state index is 14.8. The zero-order chi connectivity index (χ0) is 22.7. The normalized spacial score (nSPS) is 16.9. The summed E-state index contributed by atoms with van der Waals surface area (Å²) in [6.45, 7) is 0. The second kappa shape index (κ2) is 9.21. The SMILES string of the molecule is COc1ccc2c(c1)/C(=N\P(=O)(c1ccccc1)c1ccccc1)C(c1ccccc1)CC2. The molecule has 0 saturated heterocycles. The third-order valence-electron chi connectivity index (χ3n) is 6.29. The highest BCUT2D eigenvalue weighted by Gasteiger charge is 2.33. The summed E-state index contributed by atoms with van der Waals surface area (Å²) in [4.78, 5) is 0. The number of hydrogen-bond acceptors (Lipinski definition) is 2. The quantitative estimate of drug-likeness (QED) is 0.342. The second-order valence-electron chi connectivity index (χ2n) is 8.26. The van der Waals surface area contributed by atoms with Gasteiger partial charge < -0.3 is 4.74 Å². The lowest BCUT2D eigenvalue weighted by atomic mass is 9.78. The van der Waals surface area contributed by atoms with Crippen LogP contribution in [-0.4, -0.2) is 12.8 Å². The fourth-order valence-corrected chi connectivity index (χ4v) is 6.81. The molecule has 164 valence electrons. The molecule has 0 bridgehead atoms. The minimum atomic E-state index is -3.28. The molecular formula is C29H26NO2P. The third-order valence-corrected chi connectivity index (χ3v) is 8.78. The molecule has 1 aliphatic rings. The van der Waals surface area contributed by atoms with E-state index in [1.807, 2.05) is 78.9 Å². The van der Waals surface area contributed by atoms with Crippen LogP contribution >= 0.6 is 7.29 Å². The van der Waals surface area contributed by atoms with Gasteiger partial charge in [0.2, 0.25) is 7.29 Å². The van der Waals surface area contributed by atoms with Crippen LogP contribution in [0, 0.1) is 0 Å². The van der Waals surface area contributed by atoms with E-state index in [1.54, 1.807) is 7.11 Å². The van der Waals surface area contributed by atoms with Crippen molar-refractivity contribution >= 4 is 23.6 Å². The smallest absolute Gasteiger partial charge is 0.247 e. The van der Waals surface area contributed by atoms with Crippen molar-refractivity contribution in [3.8, 4) is 5.75 Å². The molecule has 4 aromatic carbocycles. The Morgan fingerprint density at radius 1 is 0.788 bits per heavy atom. The summed E-state index contributed by atoms with van der Waals surface area (Å²) in [5, 5.41) is 1.48. The van der Waals surface area contributed by atoms with Gasteiger partial charge in [0.25, 0.3) is 0 Å². The molecule has 1 unspecified atom stereocenters. The second-order valence-corrected chi connectivity index (χ2v) is 10.6. The van der Waals surface area contributed by atoms with Crippen LogP contribution in [0.3, 0.4) is 0 Å². The molecule has 0 fully saturated rings. The number of ether oxygens (including phenoxy) is 1. The molecule has 0 N–H and O–H groups in total. The topological polar surface area (TPSA) is 38.7 Å². The molecule has 0 aliphatic heterocycles. The number of hydrogen-bond donors (Lipinski definition) is 0. The van der Waals surface area contributed by atoms with Crippen molar-refractivity contribution < 1.29 is 9.30 Å². The molecule has 0 aromatic heterocycles. The summed E-state index contributed by atoms with van der Waals surface area (Å²) in [6.07, 6.45) is 1.87. The summed E-state index contributed by atoms with van der Waals surface area (Å²) in [6, 6.07) is 35.9. The van der Waals surface area contributed by atoms with Gasteiger partial charge in [-0.25, -0.2) is 4.76 Å². The summed E-state index contributed by atoms with van der Waals surface area (Å²) in [5.41, 5.74) is 4.31. The van der Waals surface area contributed by atoms with Crippen LogP contribution in [0.4, 0.5) is 0 Å². The summed E-state index contributed by atoms with van der Waals surface area (Å²) in [7, 11) is -1.61. The molecule has 5 rings (SSSR count). The first kappa shape index (κ1) is 21.4. The monoisotopic (exact) mass is 451 g/mol. The van der Waals surface area contributed by atoms with E-state index < -0.39 is 7.29 Å². The average molecular weight is 452 g/mol.